The van der Waals surface area contributed by atoms with Crippen molar-refractivity contribution in [2.45, 2.75) is 71.3 Å². The van der Waals surface area contributed by atoms with E-state index in [-0.39, 0.29) is 24.2 Å². The fourth-order valence-electron chi connectivity index (χ4n) is 4.32. The Labute approximate surface area is 189 Å². The lowest BCUT2D eigenvalue weighted by Crippen LogP contribution is -2.48. The van der Waals surface area contributed by atoms with E-state index in [2.05, 4.69) is 0 Å². The number of nitrogens with zero attached hydrogens (tertiary/aromatic N) is 1. The second-order valence-corrected chi connectivity index (χ2v) is 9.60. The van der Waals surface area contributed by atoms with Crippen molar-refractivity contribution in [1.82, 2.24) is 4.90 Å². The Morgan fingerprint density at radius 2 is 1.75 bits per heavy atom. The van der Waals surface area contributed by atoms with E-state index in [1.54, 1.807) is 4.90 Å². The van der Waals surface area contributed by atoms with Crippen LogP contribution in [0.25, 0.3) is 0 Å². The largest absolute Gasteiger partial charge is 0.444 e. The highest BCUT2D eigenvalue weighted by Crippen LogP contribution is 2.30. The van der Waals surface area contributed by atoms with E-state index in [0.717, 1.165) is 24.5 Å². The number of ether oxygens (including phenoxy) is 2. The second kappa shape index (κ2) is 10.4. The minimum Gasteiger partial charge on any atom is -0.444 e. The molecule has 3 atom stereocenters. The molecule has 0 N–H and O–H groups in total. The van der Waals surface area contributed by atoms with E-state index in [9.17, 15) is 13.6 Å². The average molecular weight is 446 g/mol. The summed E-state index contributed by atoms with van der Waals surface area (Å²) in [7, 11) is 0. The second-order valence-electron chi connectivity index (χ2n) is 9.60. The van der Waals surface area contributed by atoms with Crippen molar-refractivity contribution in [3.8, 4) is 0 Å². The van der Waals surface area contributed by atoms with E-state index in [4.69, 9.17) is 9.47 Å². The molecule has 3 rings (SSSR count). The molecule has 0 aliphatic carbocycles. The van der Waals surface area contributed by atoms with Gasteiger partial charge in [0.2, 0.25) is 0 Å². The summed E-state index contributed by atoms with van der Waals surface area (Å²) < 4.78 is 39.5. The monoisotopic (exact) mass is 445 g/mol. The Morgan fingerprint density at radius 3 is 2.38 bits per heavy atom. The van der Waals surface area contributed by atoms with Gasteiger partial charge in [-0.2, -0.15) is 0 Å². The Balaban J connectivity index is 1.81. The lowest BCUT2D eigenvalue weighted by molar-refractivity contribution is -0.0486. The summed E-state index contributed by atoms with van der Waals surface area (Å²) in [5.41, 5.74) is 1.02. The summed E-state index contributed by atoms with van der Waals surface area (Å²) in [6, 6.07) is 13.3. The summed E-state index contributed by atoms with van der Waals surface area (Å²) in [4.78, 5) is 14.6. The number of hydrogen-bond acceptors (Lipinski definition) is 3. The van der Waals surface area contributed by atoms with Crippen molar-refractivity contribution in [3.05, 3.63) is 71.3 Å². The summed E-state index contributed by atoms with van der Waals surface area (Å²) >= 11 is 0. The van der Waals surface area contributed by atoms with Crippen LogP contribution in [0.5, 0.6) is 0 Å². The predicted octanol–water partition coefficient (Wildman–Crippen LogP) is 6.13. The van der Waals surface area contributed by atoms with E-state index in [0.29, 0.717) is 25.1 Å². The molecule has 6 heteroatoms. The van der Waals surface area contributed by atoms with Gasteiger partial charge in [-0.25, -0.2) is 13.6 Å². The molecule has 1 heterocycles. The summed E-state index contributed by atoms with van der Waals surface area (Å²) in [5.74, 6) is -1.26. The fraction of sp³-hybridized carbons (Fsp3) is 0.500. The molecule has 0 radical (unpaired) electrons. The van der Waals surface area contributed by atoms with Gasteiger partial charge in [-0.3, -0.25) is 0 Å². The number of amides is 1. The van der Waals surface area contributed by atoms with Gasteiger partial charge in [0.15, 0.2) is 0 Å². The van der Waals surface area contributed by atoms with Gasteiger partial charge in [-0.05, 0) is 69.2 Å². The van der Waals surface area contributed by atoms with Crippen LogP contribution < -0.4 is 0 Å². The first-order valence-electron chi connectivity index (χ1n) is 11.2. The lowest BCUT2D eigenvalue weighted by atomic mass is 9.90. The van der Waals surface area contributed by atoms with Crippen LogP contribution in [-0.4, -0.2) is 35.3 Å². The average Bonchev–Trinajstić information content (AvgIpc) is 3.16. The van der Waals surface area contributed by atoms with Crippen molar-refractivity contribution in [2.24, 2.45) is 5.92 Å². The Bertz CT molecular complexity index is 877. The molecular formula is C26H33F2NO3. The molecule has 32 heavy (non-hydrogen) atoms. The van der Waals surface area contributed by atoms with Crippen LogP contribution >= 0.6 is 0 Å². The molecule has 2 aromatic rings. The number of likely N-dealkylation sites (tertiary alicyclic amines) is 1. The third-order valence-electron chi connectivity index (χ3n) is 5.63. The number of benzene rings is 2. The van der Waals surface area contributed by atoms with Gasteiger partial charge >= 0.3 is 6.09 Å². The van der Waals surface area contributed by atoms with Crippen LogP contribution in [-0.2, 0) is 22.5 Å². The van der Waals surface area contributed by atoms with Crippen molar-refractivity contribution < 1.29 is 23.0 Å². The molecule has 1 amide bonds. The van der Waals surface area contributed by atoms with Crippen LogP contribution in [0.15, 0.2) is 48.5 Å². The van der Waals surface area contributed by atoms with E-state index in [1.807, 2.05) is 58.0 Å². The molecule has 2 aromatic carbocycles. The van der Waals surface area contributed by atoms with Gasteiger partial charge in [0, 0.05) is 12.6 Å². The van der Waals surface area contributed by atoms with Gasteiger partial charge < -0.3 is 14.4 Å². The molecule has 1 aliphatic heterocycles. The van der Waals surface area contributed by atoms with Crippen LogP contribution in [0.2, 0.25) is 0 Å². The number of hydrogen-bond donors (Lipinski definition) is 0. The molecule has 1 saturated heterocycles. The Kier molecular flexibility index (Phi) is 7.88. The first kappa shape index (κ1) is 24.2. The molecule has 0 saturated carbocycles. The standard InChI is InChI=1S/C26H33F2NO3/c1-18(13-20-14-21(27)16-22(28)15-20)24(31-17-19-9-6-5-7-10-19)23-11-8-12-29(23)25(30)32-26(2,3)4/h5-7,9-10,14-16,18,23-24H,8,11-13,17H2,1-4H3/t18-,23-,24-/m0/s1. The van der Waals surface area contributed by atoms with E-state index in [1.165, 1.54) is 12.1 Å². The van der Waals surface area contributed by atoms with Crippen molar-refractivity contribution in [2.75, 3.05) is 6.54 Å². The summed E-state index contributed by atoms with van der Waals surface area (Å²) in [6.07, 6.45) is 1.43. The number of rotatable bonds is 7. The zero-order chi connectivity index (χ0) is 23.3. The minimum absolute atomic E-state index is 0.0760. The maximum Gasteiger partial charge on any atom is 0.410 e. The highest BCUT2D eigenvalue weighted by atomic mass is 19.1. The van der Waals surface area contributed by atoms with Gasteiger partial charge in [0.1, 0.15) is 17.2 Å². The quantitative estimate of drug-likeness (QED) is 0.515. The topological polar surface area (TPSA) is 38.8 Å². The minimum atomic E-state index is -0.592. The van der Waals surface area contributed by atoms with Crippen molar-refractivity contribution in [3.63, 3.8) is 0 Å². The van der Waals surface area contributed by atoms with Gasteiger partial charge in [0.25, 0.3) is 0 Å². The molecule has 4 nitrogen and oxygen atoms in total. The first-order chi connectivity index (χ1) is 15.1. The number of carbonyl (C=O) groups is 1. The molecule has 0 unspecified atom stereocenters. The van der Waals surface area contributed by atoms with Gasteiger partial charge in [-0.15, -0.1) is 0 Å². The van der Waals surface area contributed by atoms with E-state index >= 15 is 0 Å². The SMILES string of the molecule is C[C@@H](Cc1cc(F)cc(F)c1)[C@H](OCc1ccccc1)[C@@H]1CCCN1C(=O)OC(C)(C)C. The molecule has 1 fully saturated rings. The number of halogens is 2. The fourth-order valence-corrected chi connectivity index (χ4v) is 4.32. The smallest absolute Gasteiger partial charge is 0.410 e. The molecule has 0 aromatic heterocycles. The van der Waals surface area contributed by atoms with Crippen molar-refractivity contribution >= 4 is 6.09 Å². The molecular weight excluding hydrogens is 412 g/mol. The first-order valence-corrected chi connectivity index (χ1v) is 11.2. The normalized spacial score (nSPS) is 18.4. The molecule has 1 aliphatic rings. The Morgan fingerprint density at radius 1 is 1.09 bits per heavy atom. The van der Waals surface area contributed by atoms with Crippen LogP contribution in [0.3, 0.4) is 0 Å². The molecule has 0 spiro atoms. The van der Waals surface area contributed by atoms with Crippen LogP contribution in [0.1, 0.15) is 51.7 Å². The lowest BCUT2D eigenvalue weighted by Gasteiger charge is -2.36. The third kappa shape index (κ3) is 6.76. The predicted molar refractivity (Wildman–Crippen MR) is 120 cm³/mol. The highest BCUT2D eigenvalue weighted by Gasteiger charge is 2.39. The zero-order valence-corrected chi connectivity index (χ0v) is 19.3. The van der Waals surface area contributed by atoms with Crippen LogP contribution in [0, 0.1) is 17.6 Å². The van der Waals surface area contributed by atoms with Crippen LogP contribution in [0.4, 0.5) is 13.6 Å². The zero-order valence-electron chi connectivity index (χ0n) is 19.3. The van der Waals surface area contributed by atoms with E-state index < -0.39 is 17.2 Å². The molecule has 0 bridgehead atoms. The molecule has 174 valence electrons. The summed E-state index contributed by atoms with van der Waals surface area (Å²) in [5, 5.41) is 0. The maximum absolute atomic E-state index is 13.7. The van der Waals surface area contributed by atoms with Crippen molar-refractivity contribution in [1.29, 1.82) is 0 Å². The highest BCUT2D eigenvalue weighted by molar-refractivity contribution is 5.69. The van der Waals surface area contributed by atoms with Gasteiger partial charge in [0.05, 0.1) is 18.8 Å². The van der Waals surface area contributed by atoms with Gasteiger partial charge in [-0.1, -0.05) is 37.3 Å². The Hall–Kier alpha value is -2.47. The maximum atomic E-state index is 13.7. The summed E-state index contributed by atoms with van der Waals surface area (Å²) in [6.45, 7) is 8.55. The third-order valence-corrected chi connectivity index (χ3v) is 5.63. The number of carbonyl (C=O) groups excluding carboxylic acids is 1.